The lowest BCUT2D eigenvalue weighted by atomic mass is 10.1. The maximum Gasteiger partial charge on any atom is 0.328 e. The largest absolute Gasteiger partial charge is 0.493 e. The van der Waals surface area contributed by atoms with Gasteiger partial charge in [0.25, 0.3) is 5.91 Å². The molecule has 10 nitrogen and oxygen atoms in total. The quantitative estimate of drug-likeness (QED) is 0.479. The molecule has 1 amide bonds. The summed E-state index contributed by atoms with van der Waals surface area (Å²) in [6, 6.07) is 8.17. The van der Waals surface area contributed by atoms with Gasteiger partial charge in [-0.3, -0.25) is 9.59 Å². The fourth-order valence-corrected chi connectivity index (χ4v) is 3.10. The van der Waals surface area contributed by atoms with E-state index in [2.05, 4.69) is 5.32 Å². The molecule has 1 heterocycles. The third kappa shape index (κ3) is 5.42. The predicted molar refractivity (Wildman–Crippen MR) is 116 cm³/mol. The van der Waals surface area contributed by atoms with Crippen LogP contribution in [-0.4, -0.2) is 60.8 Å². The Hall–Kier alpha value is -4.05. The number of carboxylic acid groups (broad SMARTS) is 1. The standard InChI is InChI=1S/C23H23NO9/c1-12(25)21(23(28)29)24-20(26)11-32-14-5-6-15-17(10-14)33-19(22(15)27)9-13-4-7-16(30-2)18(8-13)31-3/h4-10,12,21,25H,11H2,1-3H3,(H,24,26)(H,28,29)/t12-,21+/m1/s1. The number of allylic oxidation sites excluding steroid dienone is 1. The van der Waals surface area contributed by atoms with Gasteiger partial charge in [0.1, 0.15) is 11.5 Å². The number of fused-ring (bicyclic) bond motifs is 1. The smallest absolute Gasteiger partial charge is 0.328 e. The van der Waals surface area contributed by atoms with Gasteiger partial charge >= 0.3 is 5.97 Å². The second-order valence-corrected chi connectivity index (χ2v) is 7.12. The SMILES string of the molecule is COc1ccc(C=C2Oc3cc(OCC(=O)N[C@H](C(=O)O)[C@@H](C)O)ccc3C2=O)cc1OC. The van der Waals surface area contributed by atoms with Gasteiger partial charge in [-0.1, -0.05) is 6.07 Å². The highest BCUT2D eigenvalue weighted by atomic mass is 16.5. The normalized spacial score (nSPS) is 15.3. The molecule has 174 valence electrons. The van der Waals surface area contributed by atoms with E-state index >= 15 is 0 Å². The number of Topliss-reactive ketones (excluding diaryl/α,β-unsaturated/α-hetero) is 1. The van der Waals surface area contributed by atoms with Gasteiger partial charge in [0, 0.05) is 6.07 Å². The Morgan fingerprint density at radius 1 is 1.12 bits per heavy atom. The number of aliphatic hydroxyl groups is 1. The highest BCUT2D eigenvalue weighted by Crippen LogP contribution is 2.36. The van der Waals surface area contributed by atoms with E-state index in [1.807, 2.05) is 0 Å². The summed E-state index contributed by atoms with van der Waals surface area (Å²) in [4.78, 5) is 35.7. The molecule has 2 atom stereocenters. The first-order chi connectivity index (χ1) is 15.7. The summed E-state index contributed by atoms with van der Waals surface area (Å²) in [6.07, 6.45) is 0.294. The molecule has 2 aromatic carbocycles. The molecule has 0 fully saturated rings. The van der Waals surface area contributed by atoms with Crippen molar-refractivity contribution in [2.75, 3.05) is 20.8 Å². The average Bonchev–Trinajstić information content (AvgIpc) is 3.09. The van der Waals surface area contributed by atoms with Crippen molar-refractivity contribution >= 4 is 23.7 Å². The van der Waals surface area contributed by atoms with Crippen LogP contribution in [0.4, 0.5) is 0 Å². The van der Waals surface area contributed by atoms with Crippen molar-refractivity contribution in [3.8, 4) is 23.0 Å². The van der Waals surface area contributed by atoms with Gasteiger partial charge in [-0.25, -0.2) is 4.79 Å². The molecule has 1 aliphatic heterocycles. The van der Waals surface area contributed by atoms with Crippen LogP contribution in [-0.2, 0) is 9.59 Å². The van der Waals surface area contributed by atoms with Gasteiger partial charge in [0.05, 0.1) is 25.9 Å². The third-order valence-corrected chi connectivity index (χ3v) is 4.78. The molecule has 0 bridgehead atoms. The summed E-state index contributed by atoms with van der Waals surface area (Å²) in [5.74, 6) is -0.741. The van der Waals surface area contributed by atoms with E-state index in [0.29, 0.717) is 22.6 Å². The number of nitrogens with one attached hydrogen (secondary N) is 1. The third-order valence-electron chi connectivity index (χ3n) is 4.78. The van der Waals surface area contributed by atoms with Crippen molar-refractivity contribution in [2.45, 2.75) is 19.1 Å². The first-order valence-corrected chi connectivity index (χ1v) is 9.86. The molecule has 10 heteroatoms. The van der Waals surface area contributed by atoms with E-state index in [9.17, 15) is 19.5 Å². The van der Waals surface area contributed by atoms with E-state index in [0.717, 1.165) is 0 Å². The number of methoxy groups -OCH3 is 2. The van der Waals surface area contributed by atoms with E-state index < -0.39 is 30.6 Å². The Labute approximate surface area is 189 Å². The number of ether oxygens (including phenoxy) is 4. The zero-order valence-corrected chi connectivity index (χ0v) is 18.2. The molecule has 0 unspecified atom stereocenters. The van der Waals surface area contributed by atoms with Gasteiger partial charge in [0.2, 0.25) is 5.78 Å². The highest BCUT2D eigenvalue weighted by Gasteiger charge is 2.28. The van der Waals surface area contributed by atoms with E-state index in [1.54, 1.807) is 24.3 Å². The summed E-state index contributed by atoms with van der Waals surface area (Å²) in [5, 5.41) is 20.6. The van der Waals surface area contributed by atoms with Crippen molar-refractivity contribution in [1.82, 2.24) is 5.32 Å². The molecule has 2 aromatic rings. The number of hydrogen-bond donors (Lipinski definition) is 3. The van der Waals surface area contributed by atoms with Gasteiger partial charge in [0.15, 0.2) is 29.9 Å². The molecule has 1 aliphatic rings. The maximum absolute atomic E-state index is 12.7. The minimum Gasteiger partial charge on any atom is -0.493 e. The van der Waals surface area contributed by atoms with Crippen molar-refractivity contribution in [1.29, 1.82) is 0 Å². The average molecular weight is 457 g/mol. The monoisotopic (exact) mass is 457 g/mol. The first kappa shape index (κ1) is 23.6. The predicted octanol–water partition coefficient (Wildman–Crippen LogP) is 1.65. The van der Waals surface area contributed by atoms with Gasteiger partial charge in [-0.15, -0.1) is 0 Å². The Morgan fingerprint density at radius 3 is 2.48 bits per heavy atom. The van der Waals surface area contributed by atoms with Crippen molar-refractivity contribution in [2.24, 2.45) is 0 Å². The Balaban J connectivity index is 1.69. The number of amides is 1. The molecule has 3 rings (SSSR count). The zero-order valence-electron chi connectivity index (χ0n) is 18.2. The van der Waals surface area contributed by atoms with E-state index in [1.165, 1.54) is 39.3 Å². The Bertz CT molecular complexity index is 1110. The van der Waals surface area contributed by atoms with Crippen molar-refractivity contribution in [3.05, 3.63) is 53.3 Å². The Kier molecular flexibility index (Phi) is 7.19. The van der Waals surface area contributed by atoms with Gasteiger partial charge in [-0.2, -0.15) is 0 Å². The van der Waals surface area contributed by atoms with Crippen LogP contribution in [0.2, 0.25) is 0 Å². The van der Waals surface area contributed by atoms with Crippen LogP contribution >= 0.6 is 0 Å². The van der Waals surface area contributed by atoms with Crippen LogP contribution in [0.1, 0.15) is 22.8 Å². The number of carbonyl (C=O) groups excluding carboxylic acids is 2. The number of benzene rings is 2. The van der Waals surface area contributed by atoms with Crippen LogP contribution in [0, 0.1) is 0 Å². The van der Waals surface area contributed by atoms with Gasteiger partial charge < -0.3 is 34.5 Å². The Morgan fingerprint density at radius 2 is 1.85 bits per heavy atom. The summed E-state index contributed by atoms with van der Waals surface area (Å²) < 4.78 is 21.5. The van der Waals surface area contributed by atoms with Gasteiger partial charge in [-0.05, 0) is 42.8 Å². The highest BCUT2D eigenvalue weighted by molar-refractivity contribution is 6.14. The minimum absolute atomic E-state index is 0.105. The van der Waals surface area contributed by atoms with Crippen LogP contribution in [0.3, 0.4) is 0 Å². The lowest BCUT2D eigenvalue weighted by Gasteiger charge is -2.17. The van der Waals surface area contributed by atoms with Crippen LogP contribution in [0.15, 0.2) is 42.2 Å². The topological polar surface area (TPSA) is 141 Å². The number of aliphatic hydroxyl groups excluding tert-OH is 1. The molecule has 33 heavy (non-hydrogen) atoms. The molecule has 0 saturated carbocycles. The summed E-state index contributed by atoms with van der Waals surface area (Å²) >= 11 is 0. The zero-order chi connectivity index (χ0) is 24.1. The molecule has 0 radical (unpaired) electrons. The van der Waals surface area contributed by atoms with Crippen LogP contribution in [0.5, 0.6) is 23.0 Å². The van der Waals surface area contributed by atoms with E-state index in [-0.39, 0.29) is 23.0 Å². The number of aliphatic carboxylic acids is 1. The number of carboxylic acids is 1. The molecule has 0 saturated heterocycles. The fourth-order valence-electron chi connectivity index (χ4n) is 3.10. The first-order valence-electron chi connectivity index (χ1n) is 9.86. The lowest BCUT2D eigenvalue weighted by molar-refractivity contribution is -0.145. The molecular weight excluding hydrogens is 434 g/mol. The van der Waals surface area contributed by atoms with Crippen molar-refractivity contribution < 1.29 is 43.5 Å². The summed E-state index contributed by atoms with van der Waals surface area (Å²) in [7, 11) is 3.03. The summed E-state index contributed by atoms with van der Waals surface area (Å²) in [5.41, 5.74) is 1.00. The number of hydrogen-bond acceptors (Lipinski definition) is 8. The van der Waals surface area contributed by atoms with E-state index in [4.69, 9.17) is 24.1 Å². The molecular formula is C23H23NO9. The number of rotatable bonds is 9. The fraction of sp³-hybridized carbons (Fsp3) is 0.261. The molecule has 0 spiro atoms. The summed E-state index contributed by atoms with van der Waals surface area (Å²) in [6.45, 7) is 0.763. The second kappa shape index (κ2) is 10.0. The number of ketones is 1. The van der Waals surface area contributed by atoms with Crippen LogP contribution in [0.25, 0.3) is 6.08 Å². The van der Waals surface area contributed by atoms with Crippen molar-refractivity contribution in [3.63, 3.8) is 0 Å². The second-order valence-electron chi connectivity index (χ2n) is 7.12. The molecule has 3 N–H and O–H groups in total. The lowest BCUT2D eigenvalue weighted by Crippen LogP contribution is -2.49. The minimum atomic E-state index is -1.45. The maximum atomic E-state index is 12.7. The molecule has 0 aromatic heterocycles. The molecule has 0 aliphatic carbocycles. The van der Waals surface area contributed by atoms with Crippen LogP contribution < -0.4 is 24.3 Å². The number of carbonyl (C=O) groups is 3.